The molecule has 8 heavy (non-hydrogen) atoms. The predicted octanol–water partition coefficient (Wildman–Crippen LogP) is 0.403. The summed E-state index contributed by atoms with van der Waals surface area (Å²) < 4.78 is 4.19. The fraction of sp³-hybridized carbons (Fsp3) is 0. The van der Waals surface area contributed by atoms with Gasteiger partial charge in [0.2, 0.25) is 0 Å². The van der Waals surface area contributed by atoms with Crippen molar-refractivity contribution in [2.45, 2.75) is 0 Å². The Morgan fingerprint density at radius 1 is 1.75 bits per heavy atom. The van der Waals surface area contributed by atoms with Crippen LogP contribution in [0, 0.1) is 4.91 Å². The number of thiol groups is 1. The lowest BCUT2D eigenvalue weighted by Crippen LogP contribution is -1.71. The summed E-state index contributed by atoms with van der Waals surface area (Å²) in [6.45, 7) is 0. The Balaban J connectivity index is 2.71. The van der Waals surface area contributed by atoms with Gasteiger partial charge in [0.15, 0.2) is 0 Å². The molecule has 0 saturated carbocycles. The zero-order valence-electron chi connectivity index (χ0n) is 4.53. The molecular weight excluding hydrogens is 138 g/mol. The third-order valence-electron chi connectivity index (χ3n) is 1.01. The number of rotatable bonds is 1. The fourth-order valence-electron chi connectivity index (χ4n) is 0.549. The van der Waals surface area contributed by atoms with E-state index < -0.39 is 11.1 Å². The average molecular weight is 145 g/mol. The molecule has 1 unspecified atom stereocenters. The van der Waals surface area contributed by atoms with E-state index in [1.54, 1.807) is 0 Å². The Morgan fingerprint density at radius 2 is 2.50 bits per heavy atom. The van der Waals surface area contributed by atoms with Gasteiger partial charge < -0.3 is 0 Å². The maximum atomic E-state index is 9.93. The van der Waals surface area contributed by atoms with Crippen LogP contribution in [0.3, 0.4) is 0 Å². The highest BCUT2D eigenvalue weighted by Crippen LogP contribution is 2.39. The number of nitroso groups, excluding NO2 is 1. The molecule has 0 aromatic heterocycles. The maximum Gasteiger partial charge on any atom is 0.0471 e. The van der Waals surface area contributed by atoms with E-state index in [9.17, 15) is 4.91 Å². The van der Waals surface area contributed by atoms with Crippen molar-refractivity contribution in [3.8, 4) is 0 Å². The van der Waals surface area contributed by atoms with Crippen LogP contribution in [0.1, 0.15) is 0 Å². The number of nitrogens with zero attached hydrogens (tertiary/aromatic N) is 1. The first-order valence-electron chi connectivity index (χ1n) is 2.32. The first-order chi connectivity index (χ1) is 3.84. The van der Waals surface area contributed by atoms with Gasteiger partial charge >= 0.3 is 0 Å². The molecule has 1 atom stereocenters. The van der Waals surface area contributed by atoms with E-state index in [-0.39, 0.29) is 0 Å². The van der Waals surface area contributed by atoms with Crippen LogP contribution in [0.25, 0.3) is 0 Å². The summed E-state index contributed by atoms with van der Waals surface area (Å²) in [4.78, 5) is 9.93. The molecule has 0 saturated heterocycles. The molecule has 0 N–H and O–H groups in total. The monoisotopic (exact) mass is 145 g/mol. The van der Waals surface area contributed by atoms with Gasteiger partial charge in [0.1, 0.15) is 0 Å². The van der Waals surface area contributed by atoms with Crippen molar-refractivity contribution in [1.29, 1.82) is 0 Å². The van der Waals surface area contributed by atoms with Crippen molar-refractivity contribution in [2.24, 2.45) is 4.58 Å². The third-order valence-corrected chi connectivity index (χ3v) is 4.22. The molecule has 1 rings (SSSR count). The van der Waals surface area contributed by atoms with Crippen LogP contribution in [-0.2, 0) is 0 Å². The molecule has 44 valence electrons. The van der Waals surface area contributed by atoms with Crippen LogP contribution in [0.2, 0.25) is 0 Å². The van der Waals surface area contributed by atoms with Gasteiger partial charge in [-0.2, -0.15) is 0 Å². The number of allylic oxidation sites excluding steroid dienone is 2. The van der Waals surface area contributed by atoms with E-state index in [2.05, 4.69) is 4.58 Å². The lowest BCUT2D eigenvalue weighted by Gasteiger charge is -1.99. The zero-order valence-corrected chi connectivity index (χ0v) is 7.43. The molecule has 0 fully saturated rings. The highest BCUT2D eigenvalue weighted by atomic mass is 32.2. The molecule has 0 radical (unpaired) electrons. The molecule has 1 heterocycles. The normalized spacial score (nSPS) is 30.5. The molecule has 2 nitrogen and oxygen atoms in total. The summed E-state index contributed by atoms with van der Waals surface area (Å²) in [5.74, 6) is 0. The third kappa shape index (κ3) is 0.899. The van der Waals surface area contributed by atoms with Crippen molar-refractivity contribution in [3.05, 3.63) is 27.0 Å². The average Bonchev–Trinajstić information content (AvgIpc) is 2.14. The molecule has 0 spiro atoms. The van der Waals surface area contributed by atoms with Gasteiger partial charge in [0.25, 0.3) is 0 Å². The summed E-state index contributed by atoms with van der Waals surface area (Å²) in [5.41, 5.74) is 0. The van der Waals surface area contributed by atoms with Crippen LogP contribution >= 0.6 is 11.1 Å². The van der Waals surface area contributed by atoms with Crippen LogP contribution in [0.5, 0.6) is 0 Å². The van der Waals surface area contributed by atoms with E-state index in [0.29, 0.717) is 0 Å². The summed E-state index contributed by atoms with van der Waals surface area (Å²) in [7, 11) is 0.979. The van der Waals surface area contributed by atoms with Gasteiger partial charge in [-0.3, -0.25) is 0 Å². The first kappa shape index (κ1) is 5.78. The van der Waals surface area contributed by atoms with Gasteiger partial charge in [-0.25, -0.2) is 0 Å². The second kappa shape index (κ2) is 2.28. The van der Waals surface area contributed by atoms with E-state index in [1.807, 2.05) is 17.6 Å². The molecule has 0 aromatic carbocycles. The molecule has 0 amide bonds. The van der Waals surface area contributed by atoms with Gasteiger partial charge in [0.05, 0.1) is 0 Å². The summed E-state index contributed by atoms with van der Waals surface area (Å²) in [6, 6.07) is 0. The van der Waals surface area contributed by atoms with Crippen LogP contribution in [0.4, 0.5) is 0 Å². The van der Waals surface area contributed by atoms with Crippen molar-refractivity contribution < 1.29 is 0 Å². The van der Waals surface area contributed by atoms with Crippen molar-refractivity contribution >= 4 is 21.3 Å². The molecule has 0 bridgehead atoms. The minimum atomic E-state index is -0.692. The van der Waals surface area contributed by atoms with Gasteiger partial charge in [-0.05, 0) is 14.5 Å². The summed E-state index contributed by atoms with van der Waals surface area (Å²) in [5, 5.41) is 1.88. The minimum Gasteiger partial charge on any atom is -0.139 e. The summed E-state index contributed by atoms with van der Waals surface area (Å²) >= 11 is -0.692. The highest BCUT2D eigenvalue weighted by molar-refractivity contribution is 8.23. The zero-order chi connectivity index (χ0) is 5.98. The van der Waals surface area contributed by atoms with Gasteiger partial charge in [-0.15, -0.1) is 4.91 Å². The quantitative estimate of drug-likeness (QED) is 0.323. The fourth-order valence-corrected chi connectivity index (χ4v) is 2.34. The molecule has 4 heteroatoms. The van der Waals surface area contributed by atoms with Crippen molar-refractivity contribution in [3.63, 3.8) is 0 Å². The highest BCUT2D eigenvalue weighted by Gasteiger charge is 2.03. The molecule has 0 aliphatic carbocycles. The Kier molecular flexibility index (Phi) is 1.64. The Bertz CT molecular complexity index is 165. The van der Waals surface area contributed by atoms with E-state index in [4.69, 9.17) is 0 Å². The van der Waals surface area contributed by atoms with E-state index >= 15 is 0 Å². The van der Waals surface area contributed by atoms with Crippen LogP contribution < -0.4 is 0 Å². The molecular formula is C4H7NOSSi. The SMILES string of the molecule is O=N[SH]1C=CC=C1[SiH3]. The molecule has 1 aliphatic heterocycles. The maximum absolute atomic E-state index is 9.93. The van der Waals surface area contributed by atoms with E-state index in [0.717, 1.165) is 10.2 Å². The van der Waals surface area contributed by atoms with Gasteiger partial charge in [0, 0.05) is 10.2 Å². The number of hydrogen-bond acceptors (Lipinski definition) is 2. The largest absolute Gasteiger partial charge is 0.139 e. The second-order valence-corrected chi connectivity index (χ2v) is 5.35. The Labute approximate surface area is 53.5 Å². The second-order valence-electron chi connectivity index (χ2n) is 1.58. The number of hydrogen-bond donors (Lipinski definition) is 1. The van der Waals surface area contributed by atoms with Crippen molar-refractivity contribution in [2.75, 3.05) is 0 Å². The lowest BCUT2D eigenvalue weighted by molar-refractivity contribution is 1.86. The van der Waals surface area contributed by atoms with Crippen LogP contribution in [-0.4, -0.2) is 10.2 Å². The van der Waals surface area contributed by atoms with Gasteiger partial charge in [-0.1, -0.05) is 23.2 Å². The topological polar surface area (TPSA) is 29.4 Å². The van der Waals surface area contributed by atoms with E-state index in [1.165, 1.54) is 4.53 Å². The van der Waals surface area contributed by atoms with Crippen LogP contribution in [0.15, 0.2) is 26.7 Å². The predicted molar refractivity (Wildman–Crippen MR) is 41.9 cm³/mol. The molecule has 0 aromatic rings. The molecule has 1 aliphatic rings. The Morgan fingerprint density at radius 3 is 2.75 bits per heavy atom. The lowest BCUT2D eigenvalue weighted by atomic mass is 10.6. The van der Waals surface area contributed by atoms with Crippen molar-refractivity contribution in [1.82, 2.24) is 0 Å². The summed E-state index contributed by atoms with van der Waals surface area (Å²) in [6.07, 6.45) is 3.90. The minimum absolute atomic E-state index is 0.692. The standard InChI is InChI=1S/C4H7NOSSi/c6-5-7-3-1-2-4(7)8/h1-3,7H,8H3. The Hall–Kier alpha value is -0.353. The first-order valence-corrected chi connectivity index (χ1v) is 4.68. The smallest absolute Gasteiger partial charge is 0.0471 e.